The predicted molar refractivity (Wildman–Crippen MR) is 45.8 cm³/mol. The quantitative estimate of drug-likeness (QED) is 0.646. The molecule has 0 spiro atoms. The van der Waals surface area contributed by atoms with Gasteiger partial charge >= 0.3 is 5.97 Å². The number of H-pyrrole nitrogens is 1. The molecule has 1 aromatic heterocycles. The zero-order valence-corrected chi connectivity index (χ0v) is 7.02. The average molecular weight is 183 g/mol. The molecular weight excluding hydrogens is 174 g/mol. The van der Waals surface area contributed by atoms with Crippen LogP contribution in [0.3, 0.4) is 0 Å². The fourth-order valence-corrected chi connectivity index (χ4v) is 0.894. The highest BCUT2D eigenvalue weighted by molar-refractivity contribution is 5.72. The van der Waals surface area contributed by atoms with E-state index in [1.165, 1.54) is 24.3 Å². The molecule has 6 heteroatoms. The Morgan fingerprint density at radius 1 is 1.77 bits per heavy atom. The minimum absolute atomic E-state index is 0.102. The molecule has 0 amide bonds. The van der Waals surface area contributed by atoms with Crippen molar-refractivity contribution in [1.29, 1.82) is 0 Å². The van der Waals surface area contributed by atoms with E-state index in [0.29, 0.717) is 0 Å². The summed E-state index contributed by atoms with van der Waals surface area (Å²) >= 11 is 0. The van der Waals surface area contributed by atoms with Crippen LogP contribution in [0, 0.1) is 0 Å². The Bertz CT molecular complexity index is 360. The number of hydrogen-bond acceptors (Lipinski definition) is 4. The molecule has 0 unspecified atom stereocenters. The molecule has 70 valence electrons. The van der Waals surface area contributed by atoms with Gasteiger partial charge in [0.05, 0.1) is 0 Å². The molecule has 0 atom stereocenters. The Hall–Kier alpha value is -1.85. The number of rotatable bonds is 3. The number of aliphatic carboxylic acids is 1. The SMILES string of the molecule is CN(CC(=O)O)c1ncc[nH]c1=O. The Morgan fingerprint density at radius 3 is 3.00 bits per heavy atom. The monoisotopic (exact) mass is 183 g/mol. The first kappa shape index (κ1) is 9.24. The molecule has 6 nitrogen and oxygen atoms in total. The third-order valence-corrected chi connectivity index (χ3v) is 1.42. The van der Waals surface area contributed by atoms with Crippen LogP contribution in [0.15, 0.2) is 17.2 Å². The zero-order chi connectivity index (χ0) is 9.84. The summed E-state index contributed by atoms with van der Waals surface area (Å²) in [4.78, 5) is 28.8. The number of carboxylic acid groups (broad SMARTS) is 1. The standard InChI is InChI=1S/C7H9N3O3/c1-10(4-5(11)12)6-7(13)9-3-2-8-6/h2-3H,4H2,1H3,(H,9,13)(H,11,12). The van der Waals surface area contributed by atoms with Gasteiger partial charge in [-0.05, 0) is 0 Å². The van der Waals surface area contributed by atoms with Gasteiger partial charge in [0.2, 0.25) is 0 Å². The van der Waals surface area contributed by atoms with Crippen molar-refractivity contribution in [3.05, 3.63) is 22.7 Å². The second-order valence-corrected chi connectivity index (χ2v) is 2.49. The van der Waals surface area contributed by atoms with Gasteiger partial charge in [0.15, 0.2) is 5.82 Å². The number of carbonyl (C=O) groups is 1. The molecule has 1 rings (SSSR count). The van der Waals surface area contributed by atoms with E-state index in [-0.39, 0.29) is 12.4 Å². The molecule has 0 aliphatic rings. The van der Waals surface area contributed by atoms with Gasteiger partial charge in [-0.25, -0.2) is 4.98 Å². The Balaban J connectivity index is 2.89. The lowest BCUT2D eigenvalue weighted by molar-refractivity contribution is -0.135. The maximum atomic E-state index is 11.1. The lowest BCUT2D eigenvalue weighted by Crippen LogP contribution is -2.31. The number of anilines is 1. The zero-order valence-electron chi connectivity index (χ0n) is 7.02. The summed E-state index contributed by atoms with van der Waals surface area (Å²) in [6.07, 6.45) is 2.79. The minimum Gasteiger partial charge on any atom is -0.480 e. The van der Waals surface area contributed by atoms with E-state index in [1.54, 1.807) is 0 Å². The number of aromatic nitrogens is 2. The van der Waals surface area contributed by atoms with Gasteiger partial charge < -0.3 is 15.0 Å². The first-order chi connectivity index (χ1) is 6.11. The van der Waals surface area contributed by atoms with Crippen molar-refractivity contribution in [2.45, 2.75) is 0 Å². The van der Waals surface area contributed by atoms with Crippen molar-refractivity contribution in [1.82, 2.24) is 9.97 Å². The summed E-state index contributed by atoms with van der Waals surface area (Å²) in [7, 11) is 1.49. The molecule has 0 bridgehead atoms. The van der Waals surface area contributed by atoms with E-state index in [1.807, 2.05) is 0 Å². The summed E-state index contributed by atoms with van der Waals surface area (Å²) in [5.41, 5.74) is -0.397. The van der Waals surface area contributed by atoms with Crippen LogP contribution in [-0.2, 0) is 4.79 Å². The fraction of sp³-hybridized carbons (Fsp3) is 0.286. The van der Waals surface area contributed by atoms with E-state index in [9.17, 15) is 9.59 Å². The van der Waals surface area contributed by atoms with Crippen molar-refractivity contribution in [3.63, 3.8) is 0 Å². The first-order valence-corrected chi connectivity index (χ1v) is 3.58. The Morgan fingerprint density at radius 2 is 2.46 bits per heavy atom. The lowest BCUT2D eigenvalue weighted by Gasteiger charge is -2.12. The number of hydrogen-bond donors (Lipinski definition) is 2. The molecule has 0 aliphatic carbocycles. The second-order valence-electron chi connectivity index (χ2n) is 2.49. The highest BCUT2D eigenvalue weighted by Crippen LogP contribution is 1.97. The van der Waals surface area contributed by atoms with Crippen molar-refractivity contribution in [2.75, 3.05) is 18.5 Å². The minimum atomic E-state index is -1.01. The summed E-state index contributed by atoms with van der Waals surface area (Å²) in [5, 5.41) is 8.45. The van der Waals surface area contributed by atoms with Crippen molar-refractivity contribution < 1.29 is 9.90 Å². The fourth-order valence-electron chi connectivity index (χ4n) is 0.894. The first-order valence-electron chi connectivity index (χ1n) is 3.58. The third kappa shape index (κ3) is 2.29. The number of aromatic amines is 1. The normalized spacial score (nSPS) is 9.62. The van der Waals surface area contributed by atoms with Crippen LogP contribution >= 0.6 is 0 Å². The van der Waals surface area contributed by atoms with E-state index >= 15 is 0 Å². The highest BCUT2D eigenvalue weighted by atomic mass is 16.4. The molecule has 1 heterocycles. The lowest BCUT2D eigenvalue weighted by atomic mass is 10.5. The summed E-state index contributed by atoms with van der Waals surface area (Å²) in [6.45, 7) is -0.250. The second kappa shape index (κ2) is 3.70. The average Bonchev–Trinajstić information content (AvgIpc) is 2.03. The number of likely N-dealkylation sites (N-methyl/N-ethyl adjacent to an activating group) is 1. The van der Waals surface area contributed by atoms with Crippen LogP contribution in [0.5, 0.6) is 0 Å². The van der Waals surface area contributed by atoms with Gasteiger partial charge in [0.25, 0.3) is 5.56 Å². The van der Waals surface area contributed by atoms with Gasteiger partial charge in [-0.3, -0.25) is 9.59 Å². The van der Waals surface area contributed by atoms with E-state index in [2.05, 4.69) is 9.97 Å². The maximum absolute atomic E-state index is 11.1. The highest BCUT2D eigenvalue weighted by Gasteiger charge is 2.09. The van der Waals surface area contributed by atoms with Crippen molar-refractivity contribution in [3.8, 4) is 0 Å². The van der Waals surface area contributed by atoms with E-state index in [0.717, 1.165) is 0 Å². The Labute approximate surface area is 73.8 Å². The summed E-state index contributed by atoms with van der Waals surface area (Å²) < 4.78 is 0. The van der Waals surface area contributed by atoms with Crippen LogP contribution in [0.2, 0.25) is 0 Å². The molecule has 0 aliphatic heterocycles. The van der Waals surface area contributed by atoms with Crippen LogP contribution in [0.25, 0.3) is 0 Å². The van der Waals surface area contributed by atoms with Gasteiger partial charge in [-0.1, -0.05) is 0 Å². The molecule has 13 heavy (non-hydrogen) atoms. The third-order valence-electron chi connectivity index (χ3n) is 1.42. The summed E-state index contributed by atoms with van der Waals surface area (Å²) in [5.74, 6) is -0.905. The number of nitrogens with zero attached hydrogens (tertiary/aromatic N) is 2. The Kier molecular flexibility index (Phi) is 2.63. The molecular formula is C7H9N3O3. The molecule has 0 radical (unpaired) electrons. The van der Waals surface area contributed by atoms with E-state index < -0.39 is 11.5 Å². The van der Waals surface area contributed by atoms with Crippen molar-refractivity contribution >= 4 is 11.8 Å². The van der Waals surface area contributed by atoms with Gasteiger partial charge in [-0.15, -0.1) is 0 Å². The summed E-state index contributed by atoms with van der Waals surface area (Å²) in [6, 6.07) is 0. The van der Waals surface area contributed by atoms with Crippen molar-refractivity contribution in [2.24, 2.45) is 0 Å². The van der Waals surface area contributed by atoms with Gasteiger partial charge in [0.1, 0.15) is 6.54 Å². The largest absolute Gasteiger partial charge is 0.480 e. The molecule has 2 N–H and O–H groups in total. The predicted octanol–water partition coefficient (Wildman–Crippen LogP) is -0.709. The van der Waals surface area contributed by atoms with Crippen LogP contribution in [0.4, 0.5) is 5.82 Å². The number of carboxylic acids is 1. The molecule has 1 aromatic rings. The number of nitrogens with one attached hydrogen (secondary N) is 1. The molecule has 0 saturated heterocycles. The smallest absolute Gasteiger partial charge is 0.323 e. The van der Waals surface area contributed by atoms with Gasteiger partial charge in [-0.2, -0.15) is 0 Å². The van der Waals surface area contributed by atoms with Crippen LogP contribution in [0.1, 0.15) is 0 Å². The van der Waals surface area contributed by atoms with E-state index in [4.69, 9.17) is 5.11 Å². The maximum Gasteiger partial charge on any atom is 0.323 e. The van der Waals surface area contributed by atoms with Gasteiger partial charge in [0, 0.05) is 19.4 Å². The topological polar surface area (TPSA) is 86.3 Å². The molecule has 0 fully saturated rings. The van der Waals surface area contributed by atoms with Crippen LogP contribution < -0.4 is 10.5 Å². The van der Waals surface area contributed by atoms with Crippen LogP contribution in [-0.4, -0.2) is 34.6 Å². The molecule has 0 saturated carbocycles. The molecule has 0 aromatic carbocycles.